The lowest BCUT2D eigenvalue weighted by atomic mass is 10.3. The first-order valence-corrected chi connectivity index (χ1v) is 5.58. The molecule has 0 aromatic carbocycles. The summed E-state index contributed by atoms with van der Waals surface area (Å²) in [5.74, 6) is 0.863. The molecule has 0 fully saturated rings. The van der Waals surface area contributed by atoms with Crippen molar-refractivity contribution in [1.82, 2.24) is 19.7 Å². The number of nitrogens with zero attached hydrogens (tertiary/aromatic N) is 4. The van der Waals surface area contributed by atoms with Crippen LogP contribution in [-0.4, -0.2) is 25.8 Å². The first-order valence-electron chi connectivity index (χ1n) is 5.58. The van der Waals surface area contributed by atoms with Gasteiger partial charge in [-0.3, -0.25) is 4.68 Å². The maximum Gasteiger partial charge on any atom is 0.155 e. The van der Waals surface area contributed by atoms with E-state index in [1.54, 1.807) is 6.33 Å². The molecule has 0 bridgehead atoms. The predicted octanol–water partition coefficient (Wildman–Crippen LogP) is 1.97. The van der Waals surface area contributed by atoms with Crippen LogP contribution in [-0.2, 0) is 6.54 Å². The third kappa shape index (κ3) is 1.73. The molecule has 2 aromatic heterocycles. The lowest BCUT2D eigenvalue weighted by Crippen LogP contribution is -2.12. The van der Waals surface area contributed by atoms with Crippen molar-refractivity contribution in [1.29, 1.82) is 0 Å². The van der Waals surface area contributed by atoms with Crippen molar-refractivity contribution in [3.8, 4) is 0 Å². The molecule has 2 aromatic rings. The molecule has 1 N–H and O–H groups in total. The second kappa shape index (κ2) is 4.08. The van der Waals surface area contributed by atoms with Crippen LogP contribution in [0.3, 0.4) is 0 Å². The summed E-state index contributed by atoms with van der Waals surface area (Å²) >= 11 is 0. The van der Waals surface area contributed by atoms with E-state index in [1.807, 2.05) is 11.6 Å². The number of anilines is 1. The van der Waals surface area contributed by atoms with Crippen LogP contribution in [0, 0.1) is 6.92 Å². The highest BCUT2D eigenvalue weighted by atomic mass is 15.3. The maximum atomic E-state index is 4.45. The van der Waals surface area contributed by atoms with Crippen LogP contribution in [0.15, 0.2) is 6.33 Å². The van der Waals surface area contributed by atoms with Gasteiger partial charge in [0.1, 0.15) is 17.4 Å². The average molecular weight is 219 g/mol. The number of fused-ring (bicyclic) bond motifs is 1. The molecule has 0 aliphatic heterocycles. The summed E-state index contributed by atoms with van der Waals surface area (Å²) in [6.07, 6.45) is 1.59. The van der Waals surface area contributed by atoms with Crippen molar-refractivity contribution >= 4 is 16.9 Å². The van der Waals surface area contributed by atoms with Crippen LogP contribution >= 0.6 is 0 Å². The molecule has 5 heteroatoms. The summed E-state index contributed by atoms with van der Waals surface area (Å²) in [7, 11) is 0. The Morgan fingerprint density at radius 1 is 1.38 bits per heavy atom. The number of nitrogens with one attached hydrogen (secondary N) is 1. The van der Waals surface area contributed by atoms with Crippen molar-refractivity contribution in [2.75, 3.05) is 5.32 Å². The Labute approximate surface area is 94.9 Å². The van der Waals surface area contributed by atoms with Gasteiger partial charge in [-0.15, -0.1) is 0 Å². The third-order valence-electron chi connectivity index (χ3n) is 2.42. The van der Waals surface area contributed by atoms with Gasteiger partial charge in [0.15, 0.2) is 5.82 Å². The van der Waals surface area contributed by atoms with Gasteiger partial charge in [-0.25, -0.2) is 9.97 Å². The fourth-order valence-corrected chi connectivity index (χ4v) is 1.77. The summed E-state index contributed by atoms with van der Waals surface area (Å²) in [6.45, 7) is 9.05. The minimum absolute atomic E-state index is 0.346. The van der Waals surface area contributed by atoms with Gasteiger partial charge in [0.25, 0.3) is 0 Å². The molecule has 0 saturated carbocycles. The van der Waals surface area contributed by atoms with Gasteiger partial charge in [0.2, 0.25) is 0 Å². The topological polar surface area (TPSA) is 55.6 Å². The zero-order valence-corrected chi connectivity index (χ0v) is 10.2. The van der Waals surface area contributed by atoms with E-state index < -0.39 is 0 Å². The molecule has 0 atom stereocenters. The Bertz CT molecular complexity index is 500. The zero-order valence-electron chi connectivity index (χ0n) is 10.2. The lowest BCUT2D eigenvalue weighted by molar-refractivity contribution is 0.675. The van der Waals surface area contributed by atoms with Gasteiger partial charge in [0.05, 0.1) is 5.69 Å². The monoisotopic (exact) mass is 219 g/mol. The molecule has 0 aliphatic rings. The number of aromatic nitrogens is 4. The third-order valence-corrected chi connectivity index (χ3v) is 2.42. The fourth-order valence-electron chi connectivity index (χ4n) is 1.77. The van der Waals surface area contributed by atoms with E-state index in [1.165, 1.54) is 0 Å². The van der Waals surface area contributed by atoms with Gasteiger partial charge in [-0.2, -0.15) is 5.10 Å². The molecular weight excluding hydrogens is 202 g/mol. The van der Waals surface area contributed by atoms with Gasteiger partial charge >= 0.3 is 0 Å². The van der Waals surface area contributed by atoms with Crippen LogP contribution in [0.5, 0.6) is 0 Å². The van der Waals surface area contributed by atoms with Crippen LogP contribution in [0.1, 0.15) is 26.5 Å². The molecule has 0 aliphatic carbocycles. The molecule has 0 radical (unpaired) electrons. The van der Waals surface area contributed by atoms with E-state index in [9.17, 15) is 0 Å². The quantitative estimate of drug-likeness (QED) is 0.857. The largest absolute Gasteiger partial charge is 0.366 e. The molecule has 2 heterocycles. The molecule has 0 saturated heterocycles. The van der Waals surface area contributed by atoms with Crippen molar-refractivity contribution in [3.63, 3.8) is 0 Å². The van der Waals surface area contributed by atoms with Gasteiger partial charge in [-0.05, 0) is 27.7 Å². The molecule has 86 valence electrons. The Kier molecular flexibility index (Phi) is 2.77. The van der Waals surface area contributed by atoms with E-state index in [0.29, 0.717) is 6.04 Å². The second-order valence-electron chi connectivity index (χ2n) is 4.12. The van der Waals surface area contributed by atoms with E-state index in [2.05, 4.69) is 41.2 Å². The molecule has 16 heavy (non-hydrogen) atoms. The van der Waals surface area contributed by atoms with Crippen LogP contribution in [0.4, 0.5) is 5.82 Å². The molecule has 0 unspecified atom stereocenters. The van der Waals surface area contributed by atoms with Crippen molar-refractivity contribution < 1.29 is 0 Å². The number of aryl methyl sites for hydroxylation is 2. The van der Waals surface area contributed by atoms with Gasteiger partial charge in [-0.1, -0.05) is 0 Å². The highest BCUT2D eigenvalue weighted by molar-refractivity contribution is 5.87. The standard InChI is InChI=1S/C11H17N5/c1-5-16-10-9(8(4)15-16)12-6-13-11(10)14-7(2)3/h6-7H,5H2,1-4H3,(H,12,13,14). The molecule has 0 amide bonds. The Morgan fingerprint density at radius 3 is 2.75 bits per heavy atom. The minimum atomic E-state index is 0.346. The second-order valence-corrected chi connectivity index (χ2v) is 4.12. The highest BCUT2D eigenvalue weighted by Crippen LogP contribution is 2.22. The predicted molar refractivity (Wildman–Crippen MR) is 64.5 cm³/mol. The summed E-state index contributed by atoms with van der Waals surface area (Å²) in [4.78, 5) is 8.57. The Morgan fingerprint density at radius 2 is 2.12 bits per heavy atom. The molecule has 5 nitrogen and oxygen atoms in total. The summed E-state index contributed by atoms with van der Waals surface area (Å²) in [6, 6.07) is 0.346. The van der Waals surface area contributed by atoms with Gasteiger partial charge in [0, 0.05) is 12.6 Å². The summed E-state index contributed by atoms with van der Waals surface area (Å²) in [5, 5.41) is 7.77. The van der Waals surface area contributed by atoms with Crippen LogP contribution in [0.25, 0.3) is 11.0 Å². The van der Waals surface area contributed by atoms with E-state index in [-0.39, 0.29) is 0 Å². The normalized spacial score (nSPS) is 11.3. The minimum Gasteiger partial charge on any atom is -0.366 e. The number of hydrogen-bond donors (Lipinski definition) is 1. The lowest BCUT2D eigenvalue weighted by Gasteiger charge is -2.10. The summed E-state index contributed by atoms with van der Waals surface area (Å²) < 4.78 is 1.94. The molecular formula is C11H17N5. The fraction of sp³-hybridized carbons (Fsp3) is 0.545. The van der Waals surface area contributed by atoms with Crippen LogP contribution in [0.2, 0.25) is 0 Å². The van der Waals surface area contributed by atoms with E-state index >= 15 is 0 Å². The highest BCUT2D eigenvalue weighted by Gasteiger charge is 2.13. The van der Waals surface area contributed by atoms with E-state index in [4.69, 9.17) is 0 Å². The Balaban J connectivity index is 2.64. The number of hydrogen-bond acceptors (Lipinski definition) is 4. The molecule has 2 rings (SSSR count). The first-order chi connectivity index (χ1) is 7.63. The average Bonchev–Trinajstić information content (AvgIpc) is 2.56. The maximum absolute atomic E-state index is 4.45. The first kappa shape index (κ1) is 10.9. The zero-order chi connectivity index (χ0) is 11.7. The van der Waals surface area contributed by atoms with Crippen molar-refractivity contribution in [2.45, 2.75) is 40.3 Å². The Hall–Kier alpha value is -1.65. The molecule has 0 spiro atoms. The number of rotatable bonds is 3. The van der Waals surface area contributed by atoms with Crippen LogP contribution < -0.4 is 5.32 Å². The SMILES string of the molecule is CCn1nc(C)c2ncnc(NC(C)C)c21. The van der Waals surface area contributed by atoms with Crippen molar-refractivity contribution in [3.05, 3.63) is 12.0 Å². The smallest absolute Gasteiger partial charge is 0.155 e. The van der Waals surface area contributed by atoms with Gasteiger partial charge < -0.3 is 5.32 Å². The summed E-state index contributed by atoms with van der Waals surface area (Å²) in [5.41, 5.74) is 2.88. The van der Waals surface area contributed by atoms with Crippen molar-refractivity contribution in [2.24, 2.45) is 0 Å². The van der Waals surface area contributed by atoms with E-state index in [0.717, 1.165) is 29.1 Å².